The van der Waals surface area contributed by atoms with E-state index in [0.717, 1.165) is 55.9 Å². The number of nitriles is 1. The van der Waals surface area contributed by atoms with Crippen LogP contribution in [-0.2, 0) is 6.42 Å². The number of nitrogens with one attached hydrogen (secondary N) is 1. The molecule has 2 unspecified atom stereocenters. The smallest absolute Gasteiger partial charge is 0.188 e. The van der Waals surface area contributed by atoms with Crippen LogP contribution >= 0.6 is 11.6 Å². The molecule has 0 saturated carbocycles. The minimum Gasteiger partial charge on any atom is -0.450 e. The number of hydrogen-bond acceptors (Lipinski definition) is 6. The van der Waals surface area contributed by atoms with E-state index >= 15 is 0 Å². The predicted octanol–water partition coefficient (Wildman–Crippen LogP) is 5.33. The molecule has 0 radical (unpaired) electrons. The largest absolute Gasteiger partial charge is 0.450 e. The molecule has 188 valence electrons. The molecule has 0 aliphatic carbocycles. The van der Waals surface area contributed by atoms with E-state index in [-0.39, 0.29) is 5.02 Å². The fraction of sp³-hybridized carbons (Fsp3) is 0.321. The highest BCUT2D eigenvalue weighted by Crippen LogP contribution is 2.39. The maximum Gasteiger partial charge on any atom is 0.188 e. The van der Waals surface area contributed by atoms with Crippen molar-refractivity contribution in [3.63, 3.8) is 0 Å². The van der Waals surface area contributed by atoms with Crippen molar-refractivity contribution in [1.82, 2.24) is 19.9 Å². The number of H-pyrrole nitrogens is 1. The molecule has 6 rings (SSSR count). The highest BCUT2D eigenvalue weighted by Gasteiger charge is 2.41. The van der Waals surface area contributed by atoms with Gasteiger partial charge in [-0.15, -0.1) is 0 Å². The number of fused-ring (bicyclic) bond motifs is 2. The Kier molecular flexibility index (Phi) is 6.19. The molecule has 2 aliphatic rings. The Morgan fingerprint density at radius 1 is 1.14 bits per heavy atom. The Morgan fingerprint density at radius 3 is 2.70 bits per heavy atom. The minimum atomic E-state index is -0.410. The normalized spacial score (nSPS) is 19.4. The Hall–Kier alpha value is -3.67. The first-order valence-corrected chi connectivity index (χ1v) is 12.8. The lowest BCUT2D eigenvalue weighted by atomic mass is 10.0. The van der Waals surface area contributed by atoms with Crippen molar-refractivity contribution in [3.8, 4) is 17.6 Å². The van der Waals surface area contributed by atoms with Crippen molar-refractivity contribution in [2.75, 3.05) is 37.6 Å². The Balaban J connectivity index is 1.09. The number of benzene rings is 2. The van der Waals surface area contributed by atoms with Crippen LogP contribution in [0.3, 0.4) is 0 Å². The molecule has 2 atom stereocenters. The number of hydrogen-bond donors (Lipinski definition) is 1. The lowest BCUT2D eigenvalue weighted by Gasteiger charge is -2.24. The molecule has 2 aromatic heterocycles. The van der Waals surface area contributed by atoms with Crippen LogP contribution in [-0.4, -0.2) is 52.6 Å². The van der Waals surface area contributed by atoms with Gasteiger partial charge in [0.1, 0.15) is 29.7 Å². The average molecular weight is 517 g/mol. The highest BCUT2D eigenvalue weighted by atomic mass is 35.5. The van der Waals surface area contributed by atoms with Gasteiger partial charge in [-0.3, -0.25) is 0 Å². The monoisotopic (exact) mass is 516 g/mol. The maximum absolute atomic E-state index is 13.4. The van der Waals surface area contributed by atoms with Gasteiger partial charge in [-0.1, -0.05) is 17.7 Å². The summed E-state index contributed by atoms with van der Waals surface area (Å²) in [6.45, 7) is 7.06. The number of rotatable bonds is 6. The zero-order chi connectivity index (χ0) is 25.5. The number of nitrogens with zero attached hydrogens (tertiary/aromatic N) is 5. The van der Waals surface area contributed by atoms with Crippen LogP contribution in [0.4, 0.5) is 10.2 Å². The lowest BCUT2D eigenvalue weighted by molar-refractivity contribution is 0.320. The molecule has 2 saturated heterocycles. The van der Waals surface area contributed by atoms with Crippen molar-refractivity contribution in [3.05, 3.63) is 76.6 Å². The molecular weight excluding hydrogens is 491 g/mol. The number of ether oxygens (including phenoxy) is 1. The summed E-state index contributed by atoms with van der Waals surface area (Å²) < 4.78 is 19.4. The number of aromatic amines is 1. The summed E-state index contributed by atoms with van der Waals surface area (Å²) in [4.78, 5) is 16.6. The summed E-state index contributed by atoms with van der Waals surface area (Å²) in [5.41, 5.74) is 4.20. The second-order valence-corrected chi connectivity index (χ2v) is 10.3. The molecule has 2 aromatic carbocycles. The first-order valence-electron chi connectivity index (χ1n) is 12.4. The van der Waals surface area contributed by atoms with Crippen molar-refractivity contribution >= 4 is 28.3 Å². The van der Waals surface area contributed by atoms with Crippen LogP contribution < -0.4 is 9.64 Å². The van der Waals surface area contributed by atoms with E-state index in [4.69, 9.17) is 16.3 Å². The number of likely N-dealkylation sites (tertiary alicyclic amines) is 1. The predicted molar refractivity (Wildman–Crippen MR) is 141 cm³/mol. The molecule has 2 aliphatic heterocycles. The van der Waals surface area contributed by atoms with Crippen LogP contribution in [0.15, 0.2) is 48.9 Å². The van der Waals surface area contributed by atoms with Gasteiger partial charge in [-0.25, -0.2) is 14.4 Å². The molecule has 0 bridgehead atoms. The second kappa shape index (κ2) is 9.66. The Morgan fingerprint density at radius 2 is 1.95 bits per heavy atom. The summed E-state index contributed by atoms with van der Waals surface area (Å²) in [6, 6.07) is 12.5. The molecule has 37 heavy (non-hydrogen) atoms. The van der Waals surface area contributed by atoms with Crippen LogP contribution in [0.5, 0.6) is 11.5 Å². The van der Waals surface area contributed by atoms with E-state index in [2.05, 4.69) is 49.9 Å². The molecule has 4 aromatic rings. The number of halogens is 2. The summed E-state index contributed by atoms with van der Waals surface area (Å²) in [5, 5.41) is 10.5. The zero-order valence-electron chi connectivity index (χ0n) is 20.4. The summed E-state index contributed by atoms with van der Waals surface area (Å²) in [5.74, 6) is 2.34. The summed E-state index contributed by atoms with van der Waals surface area (Å²) >= 11 is 6.17. The van der Waals surface area contributed by atoms with E-state index in [1.807, 2.05) is 6.07 Å². The van der Waals surface area contributed by atoms with Gasteiger partial charge in [-0.2, -0.15) is 5.26 Å². The van der Waals surface area contributed by atoms with E-state index < -0.39 is 5.82 Å². The van der Waals surface area contributed by atoms with Gasteiger partial charge in [-0.05, 0) is 66.6 Å². The summed E-state index contributed by atoms with van der Waals surface area (Å²) in [7, 11) is 0. The quantitative estimate of drug-likeness (QED) is 0.373. The first-order chi connectivity index (χ1) is 18.0. The van der Waals surface area contributed by atoms with Crippen molar-refractivity contribution < 1.29 is 9.13 Å². The molecule has 0 spiro atoms. The lowest BCUT2D eigenvalue weighted by Crippen LogP contribution is -2.30. The Bertz CT molecular complexity index is 1500. The van der Waals surface area contributed by atoms with Gasteiger partial charge < -0.3 is 19.5 Å². The fourth-order valence-corrected chi connectivity index (χ4v) is 5.95. The van der Waals surface area contributed by atoms with E-state index in [1.165, 1.54) is 35.7 Å². The molecule has 7 nitrogen and oxygen atoms in total. The number of aromatic nitrogens is 3. The van der Waals surface area contributed by atoms with Gasteiger partial charge in [0, 0.05) is 43.6 Å². The molecule has 9 heteroatoms. The van der Waals surface area contributed by atoms with Gasteiger partial charge in [0.2, 0.25) is 0 Å². The van der Waals surface area contributed by atoms with Crippen LogP contribution in [0.2, 0.25) is 5.02 Å². The third kappa shape index (κ3) is 4.61. The third-order valence-electron chi connectivity index (χ3n) is 7.64. The topological polar surface area (TPSA) is 81.1 Å². The third-order valence-corrected chi connectivity index (χ3v) is 7.93. The zero-order valence-corrected chi connectivity index (χ0v) is 21.2. The van der Waals surface area contributed by atoms with Gasteiger partial charge >= 0.3 is 0 Å². The van der Waals surface area contributed by atoms with Gasteiger partial charge in [0.05, 0.1) is 11.2 Å². The Labute approximate surface area is 219 Å². The molecular formula is C28H26ClFN6O. The number of aryl methyl sites for hydroxylation is 1. The van der Waals surface area contributed by atoms with Crippen molar-refractivity contribution in [2.24, 2.45) is 11.8 Å². The molecule has 1 N–H and O–H groups in total. The van der Waals surface area contributed by atoms with E-state index in [0.29, 0.717) is 29.0 Å². The van der Waals surface area contributed by atoms with Crippen LogP contribution in [0.1, 0.15) is 16.8 Å². The standard InChI is InChI=1S/C28H26ClFN6O/c1-17-18(2-4-25-23(17)9-22(10-31)34-25)6-7-35-12-19-14-36(15-20(19)13-35)28-27(11-32-16-33-28)37-26-5-3-21(30)8-24(26)29/h2-5,8-9,11,16,19-20,34H,6-7,12-15H2,1H3. The first kappa shape index (κ1) is 23.7. The van der Waals surface area contributed by atoms with Gasteiger partial charge in [0.25, 0.3) is 0 Å². The molecule has 2 fully saturated rings. The molecule has 0 amide bonds. The highest BCUT2D eigenvalue weighted by molar-refractivity contribution is 6.32. The van der Waals surface area contributed by atoms with Gasteiger partial charge in [0.15, 0.2) is 11.6 Å². The van der Waals surface area contributed by atoms with E-state index in [9.17, 15) is 9.65 Å². The summed E-state index contributed by atoms with van der Waals surface area (Å²) in [6.07, 6.45) is 4.14. The maximum atomic E-state index is 13.4. The SMILES string of the molecule is Cc1c(CCN2CC3CN(c4ncncc4Oc4ccc(F)cc4Cl)CC3C2)ccc2[nH]c(C#N)cc12. The minimum absolute atomic E-state index is 0.208. The van der Waals surface area contributed by atoms with Crippen molar-refractivity contribution in [1.29, 1.82) is 5.26 Å². The van der Waals surface area contributed by atoms with Crippen LogP contribution in [0, 0.1) is 35.9 Å². The van der Waals surface area contributed by atoms with Crippen LogP contribution in [0.25, 0.3) is 10.9 Å². The molecule has 4 heterocycles. The number of anilines is 1. The second-order valence-electron chi connectivity index (χ2n) is 9.93. The average Bonchev–Trinajstić information content (AvgIpc) is 3.59. The fourth-order valence-electron chi connectivity index (χ4n) is 5.75. The van der Waals surface area contributed by atoms with Crippen molar-refractivity contribution in [2.45, 2.75) is 13.3 Å². The van der Waals surface area contributed by atoms with E-state index in [1.54, 1.807) is 6.20 Å².